The number of Topliss-reactive ketones (excluding diaryl/α,β-unsaturated/α-hetero) is 1. The molecule has 1 heterocycles. The van der Waals surface area contributed by atoms with Crippen LogP contribution in [0.4, 0.5) is 11.4 Å². The third-order valence-electron chi connectivity index (χ3n) is 3.30. The summed E-state index contributed by atoms with van der Waals surface area (Å²) in [5.41, 5.74) is 0.581. The van der Waals surface area contributed by atoms with Crippen molar-refractivity contribution in [3.05, 3.63) is 34.4 Å². The fraction of sp³-hybridized carbons (Fsp3) is 0.385. The van der Waals surface area contributed by atoms with Gasteiger partial charge in [-0.05, 0) is 31.9 Å². The van der Waals surface area contributed by atoms with E-state index < -0.39 is 10.8 Å². The number of nitrogens with zero attached hydrogens (tertiary/aromatic N) is 2. The van der Waals surface area contributed by atoms with Crippen LogP contribution in [-0.2, 0) is 9.59 Å². The van der Waals surface area contributed by atoms with Crippen LogP contribution in [0.25, 0.3) is 0 Å². The number of amides is 1. The monoisotopic (exact) mass is 262 g/mol. The van der Waals surface area contributed by atoms with Gasteiger partial charge in [-0.3, -0.25) is 19.7 Å². The van der Waals surface area contributed by atoms with E-state index in [1.54, 1.807) is 12.1 Å². The van der Waals surface area contributed by atoms with Crippen LogP contribution in [0.1, 0.15) is 19.8 Å². The van der Waals surface area contributed by atoms with E-state index in [4.69, 9.17) is 0 Å². The minimum atomic E-state index is -0.580. The molecule has 1 saturated heterocycles. The van der Waals surface area contributed by atoms with E-state index in [2.05, 4.69) is 0 Å². The molecule has 19 heavy (non-hydrogen) atoms. The summed E-state index contributed by atoms with van der Waals surface area (Å²) >= 11 is 0. The smallest absolute Gasteiger partial charge is 0.269 e. The third kappa shape index (κ3) is 2.62. The number of carbonyl (C=O) groups is 2. The molecule has 1 fully saturated rings. The quantitative estimate of drug-likeness (QED) is 0.473. The van der Waals surface area contributed by atoms with Crippen molar-refractivity contribution in [1.82, 2.24) is 0 Å². The van der Waals surface area contributed by atoms with Gasteiger partial charge in [-0.15, -0.1) is 0 Å². The van der Waals surface area contributed by atoms with Gasteiger partial charge >= 0.3 is 0 Å². The lowest BCUT2D eigenvalue weighted by Gasteiger charge is -2.31. The predicted molar refractivity (Wildman–Crippen MR) is 68.9 cm³/mol. The second-order valence-corrected chi connectivity index (χ2v) is 4.57. The number of hydrogen-bond donors (Lipinski definition) is 0. The van der Waals surface area contributed by atoms with Crippen molar-refractivity contribution >= 4 is 23.1 Å². The Kier molecular flexibility index (Phi) is 3.59. The molecule has 1 aliphatic heterocycles. The normalized spacial score (nSPS) is 19.3. The molecule has 0 radical (unpaired) electrons. The van der Waals surface area contributed by atoms with E-state index in [1.807, 2.05) is 0 Å². The molecule has 0 aliphatic carbocycles. The Bertz CT molecular complexity index is 524. The first kappa shape index (κ1) is 13.2. The number of hydrogen-bond acceptors (Lipinski definition) is 4. The number of rotatable bonds is 3. The second-order valence-electron chi connectivity index (χ2n) is 4.57. The minimum absolute atomic E-state index is 0.0173. The van der Waals surface area contributed by atoms with Gasteiger partial charge in [0.25, 0.3) is 5.69 Å². The van der Waals surface area contributed by atoms with E-state index in [0.717, 1.165) is 6.42 Å². The molecule has 6 nitrogen and oxygen atoms in total. The van der Waals surface area contributed by atoms with E-state index in [0.29, 0.717) is 18.7 Å². The van der Waals surface area contributed by atoms with E-state index in [-0.39, 0.29) is 17.4 Å². The number of carbonyl (C=O) groups excluding carboxylic acids is 2. The maximum absolute atomic E-state index is 12.2. The van der Waals surface area contributed by atoms with Gasteiger partial charge < -0.3 is 4.90 Å². The average Bonchev–Trinajstić information content (AvgIpc) is 2.38. The lowest BCUT2D eigenvalue weighted by atomic mass is 9.93. The van der Waals surface area contributed by atoms with Crippen molar-refractivity contribution in [3.8, 4) is 0 Å². The fourth-order valence-electron chi connectivity index (χ4n) is 2.26. The Morgan fingerprint density at radius 3 is 2.53 bits per heavy atom. The molecule has 0 spiro atoms. The molecule has 1 aromatic rings. The second kappa shape index (κ2) is 5.17. The molecular formula is C13H14N2O4. The van der Waals surface area contributed by atoms with Crippen molar-refractivity contribution in [1.29, 1.82) is 0 Å². The molecule has 1 amide bonds. The average molecular weight is 262 g/mol. The molecule has 0 aromatic heterocycles. The van der Waals surface area contributed by atoms with Gasteiger partial charge in [-0.2, -0.15) is 0 Å². The van der Waals surface area contributed by atoms with Crippen LogP contribution in [0.5, 0.6) is 0 Å². The Balaban J connectivity index is 2.23. The van der Waals surface area contributed by atoms with Crippen LogP contribution in [0.2, 0.25) is 0 Å². The Labute approximate surface area is 110 Å². The molecule has 1 aromatic carbocycles. The largest absolute Gasteiger partial charge is 0.312 e. The minimum Gasteiger partial charge on any atom is -0.312 e. The zero-order valence-electron chi connectivity index (χ0n) is 10.5. The zero-order valence-corrected chi connectivity index (χ0v) is 10.5. The molecular weight excluding hydrogens is 248 g/mol. The van der Waals surface area contributed by atoms with Crippen LogP contribution in [0.3, 0.4) is 0 Å². The number of non-ortho nitro benzene ring substituents is 1. The highest BCUT2D eigenvalue weighted by atomic mass is 16.6. The van der Waals surface area contributed by atoms with E-state index in [1.165, 1.54) is 24.0 Å². The number of nitro groups is 1. The first-order valence-electron chi connectivity index (χ1n) is 6.07. The maximum atomic E-state index is 12.2. The number of nitro benzene ring substituents is 1. The Morgan fingerprint density at radius 1 is 1.37 bits per heavy atom. The van der Waals surface area contributed by atoms with Crippen molar-refractivity contribution in [2.45, 2.75) is 19.8 Å². The highest BCUT2D eigenvalue weighted by Crippen LogP contribution is 2.26. The van der Waals surface area contributed by atoms with E-state index in [9.17, 15) is 19.7 Å². The van der Waals surface area contributed by atoms with Crippen molar-refractivity contribution in [3.63, 3.8) is 0 Å². The molecule has 1 atom stereocenters. The summed E-state index contributed by atoms with van der Waals surface area (Å²) in [4.78, 5) is 35.2. The van der Waals surface area contributed by atoms with Crippen LogP contribution < -0.4 is 4.90 Å². The predicted octanol–water partition coefficient (Wildman–Crippen LogP) is 1.93. The van der Waals surface area contributed by atoms with Gasteiger partial charge in [0.05, 0.1) is 10.8 Å². The van der Waals surface area contributed by atoms with Crippen molar-refractivity contribution in [2.24, 2.45) is 5.92 Å². The van der Waals surface area contributed by atoms with Crippen LogP contribution >= 0.6 is 0 Å². The molecule has 0 N–H and O–H groups in total. The molecule has 0 bridgehead atoms. The first-order valence-corrected chi connectivity index (χ1v) is 6.07. The lowest BCUT2D eigenvalue weighted by Crippen LogP contribution is -2.43. The fourth-order valence-corrected chi connectivity index (χ4v) is 2.26. The van der Waals surface area contributed by atoms with Gasteiger partial charge in [-0.1, -0.05) is 0 Å². The Hall–Kier alpha value is -2.24. The summed E-state index contributed by atoms with van der Waals surface area (Å²) in [5.74, 6) is -0.923. The van der Waals surface area contributed by atoms with Gasteiger partial charge in [0, 0.05) is 24.4 Å². The summed E-state index contributed by atoms with van der Waals surface area (Å²) in [6, 6.07) is 5.80. The zero-order chi connectivity index (χ0) is 14.0. The summed E-state index contributed by atoms with van der Waals surface area (Å²) in [5, 5.41) is 10.6. The van der Waals surface area contributed by atoms with Crippen LogP contribution in [0, 0.1) is 16.0 Å². The Morgan fingerprint density at radius 2 is 2.00 bits per heavy atom. The summed E-state index contributed by atoms with van der Waals surface area (Å²) < 4.78 is 0. The number of ketones is 1. The maximum Gasteiger partial charge on any atom is 0.269 e. The molecule has 1 aliphatic rings. The van der Waals surface area contributed by atoms with Crippen LogP contribution in [-0.4, -0.2) is 23.2 Å². The third-order valence-corrected chi connectivity index (χ3v) is 3.30. The summed E-state index contributed by atoms with van der Waals surface area (Å²) in [7, 11) is 0. The van der Waals surface area contributed by atoms with Gasteiger partial charge in [0.1, 0.15) is 5.78 Å². The van der Waals surface area contributed by atoms with Gasteiger partial charge in [0.15, 0.2) is 0 Å². The van der Waals surface area contributed by atoms with Crippen molar-refractivity contribution < 1.29 is 14.5 Å². The highest BCUT2D eigenvalue weighted by Gasteiger charge is 2.32. The molecule has 1 unspecified atom stereocenters. The molecule has 2 rings (SSSR count). The van der Waals surface area contributed by atoms with Crippen LogP contribution in [0.15, 0.2) is 24.3 Å². The van der Waals surface area contributed by atoms with E-state index >= 15 is 0 Å². The lowest BCUT2D eigenvalue weighted by molar-refractivity contribution is -0.384. The SMILES string of the molecule is CC(=O)C1CCCN(c2ccc([N+](=O)[O-])cc2)C1=O. The molecule has 0 saturated carbocycles. The molecule has 100 valence electrons. The van der Waals surface area contributed by atoms with Gasteiger partial charge in [-0.25, -0.2) is 0 Å². The highest BCUT2D eigenvalue weighted by molar-refractivity contribution is 6.08. The molecule has 6 heteroatoms. The number of benzene rings is 1. The van der Waals surface area contributed by atoms with Gasteiger partial charge in [0.2, 0.25) is 5.91 Å². The first-order chi connectivity index (χ1) is 9.00. The standard InChI is InChI=1S/C13H14N2O4/c1-9(16)12-3-2-8-14(13(12)17)10-4-6-11(7-5-10)15(18)19/h4-7,12H,2-3,8H2,1H3. The topological polar surface area (TPSA) is 80.5 Å². The summed E-state index contributed by atoms with van der Waals surface area (Å²) in [6.07, 6.45) is 1.34. The number of piperidine rings is 1. The summed E-state index contributed by atoms with van der Waals surface area (Å²) in [6.45, 7) is 1.96. The number of anilines is 1. The van der Waals surface area contributed by atoms with Crippen molar-refractivity contribution in [2.75, 3.05) is 11.4 Å².